The Morgan fingerprint density at radius 3 is 2.31 bits per heavy atom. The summed E-state index contributed by atoms with van der Waals surface area (Å²) >= 11 is 0. The Hall–Kier alpha value is -5.20. The number of imidazole rings is 1. The Bertz CT molecular complexity index is 2890. The van der Waals surface area contributed by atoms with Crippen LogP contribution in [0.2, 0.25) is 19.6 Å². The van der Waals surface area contributed by atoms with Gasteiger partial charge in [0.15, 0.2) is 0 Å². The number of furan rings is 1. The van der Waals surface area contributed by atoms with E-state index < -0.39 is 19.9 Å². The number of aryl methyl sites for hydroxylation is 1. The molecule has 7 heteroatoms. The number of para-hydroxylation sites is 2. The minimum atomic E-state index is -1.70. The molecule has 1 radical (unpaired) electrons. The Kier molecular flexibility index (Phi) is 9.77. The van der Waals surface area contributed by atoms with Crippen LogP contribution in [-0.4, -0.2) is 27.6 Å². The molecule has 277 valence electrons. The molecule has 0 aliphatic rings. The monoisotopic (exact) mass is 915 g/mol. The van der Waals surface area contributed by atoms with Gasteiger partial charge in [-0.2, -0.15) is 0 Å². The number of fused-ring (bicyclic) bond motifs is 5. The maximum Gasteiger partial charge on any atom is 0.216 e. The van der Waals surface area contributed by atoms with Crippen LogP contribution < -0.4 is 5.19 Å². The van der Waals surface area contributed by atoms with E-state index in [1.807, 2.05) is 101 Å². The maximum atomic E-state index is 8.75. The van der Waals surface area contributed by atoms with Gasteiger partial charge in [-0.25, -0.2) is 4.98 Å². The molecule has 0 N–H and O–H groups in total. The third-order valence-electron chi connectivity index (χ3n) is 9.42. The molecular formula is C48H44IrN4OSi-2. The average Bonchev–Trinajstić information content (AvgIpc) is 3.75. The van der Waals surface area contributed by atoms with Gasteiger partial charge in [0.25, 0.3) is 0 Å². The molecule has 0 aliphatic carbocycles. The smallest absolute Gasteiger partial charge is 0.216 e. The van der Waals surface area contributed by atoms with Crippen LogP contribution in [0.25, 0.3) is 72.2 Å². The molecule has 0 amide bonds. The molecule has 5 aromatic carbocycles. The first-order chi connectivity index (χ1) is 26.7. The number of hydrogen-bond acceptors (Lipinski definition) is 4. The molecule has 5 nitrogen and oxygen atoms in total. The first-order valence-electron chi connectivity index (χ1n) is 19.4. The van der Waals surface area contributed by atoms with Gasteiger partial charge in [0.05, 0.1) is 30.5 Å². The standard InChI is InChI=1S/C29H18N3O.C19H26NSi.Ir/c1-18-13-16-23-22-9-6-10-24(27(22)33-29(23)30-18)28-31-25-11-4-5-12-26(25)32(28)21-15-14-19-7-2-3-8-20(19)17-21;1-19(2,3)13-16-12-17(15-10-8-7-9-11-15)20-14-18(16)21(4,5)6;/h2-9,11-17H,1H3;7-10,12,14H,13H2,1-6H3;/q2*-1;/i;13D2;. The molecule has 0 spiro atoms. The summed E-state index contributed by atoms with van der Waals surface area (Å²) in [5, 5.41) is 5.50. The van der Waals surface area contributed by atoms with Gasteiger partial charge in [-0.3, -0.25) is 4.98 Å². The van der Waals surface area contributed by atoms with Gasteiger partial charge in [0.2, 0.25) is 5.71 Å². The van der Waals surface area contributed by atoms with Crippen LogP contribution in [0.3, 0.4) is 0 Å². The zero-order valence-corrected chi connectivity index (χ0v) is 35.5. The summed E-state index contributed by atoms with van der Waals surface area (Å²) in [6, 6.07) is 47.4. The Morgan fingerprint density at radius 1 is 0.782 bits per heavy atom. The van der Waals surface area contributed by atoms with Crippen molar-refractivity contribution in [3.8, 4) is 28.3 Å². The largest absolute Gasteiger partial charge is 0.486 e. The van der Waals surface area contributed by atoms with Gasteiger partial charge in [-0.05, 0) is 76.8 Å². The van der Waals surface area contributed by atoms with Crippen molar-refractivity contribution in [1.82, 2.24) is 19.5 Å². The molecule has 4 heterocycles. The summed E-state index contributed by atoms with van der Waals surface area (Å²) in [6.45, 7) is 14.5. The molecule has 0 bridgehead atoms. The zero-order valence-electron chi connectivity index (χ0n) is 34.2. The molecule has 9 rings (SSSR count). The topological polar surface area (TPSA) is 56.7 Å². The zero-order chi connectivity index (χ0) is 39.4. The summed E-state index contributed by atoms with van der Waals surface area (Å²) in [5.74, 6) is 0.799. The van der Waals surface area contributed by atoms with E-state index in [0.29, 0.717) is 5.71 Å². The quantitative estimate of drug-likeness (QED) is 0.127. The van der Waals surface area contributed by atoms with Crippen LogP contribution >= 0.6 is 0 Å². The molecule has 0 atom stereocenters. The summed E-state index contributed by atoms with van der Waals surface area (Å²) in [7, 11) is -1.70. The van der Waals surface area contributed by atoms with Crippen molar-refractivity contribution < 1.29 is 27.3 Å². The normalized spacial score (nSPS) is 12.6. The number of pyridine rings is 2. The SMILES string of the molecule is Cc1ccc2c(n1)oc1c(-c3nc4ccccc4n3-c3ccc4ccccc4c3)[c-]ccc12.[2H]C([2H])(c1cc(-c2[c-]cccc2)ncc1[Si](C)(C)C)C(C)(C)C.[Ir]. The van der Waals surface area contributed by atoms with Crippen LogP contribution in [0.1, 0.15) is 34.8 Å². The van der Waals surface area contributed by atoms with E-state index in [4.69, 9.17) is 12.1 Å². The minimum Gasteiger partial charge on any atom is -0.486 e. The van der Waals surface area contributed by atoms with E-state index in [1.54, 1.807) is 0 Å². The summed E-state index contributed by atoms with van der Waals surface area (Å²) in [6.07, 6.45) is 0.469. The first-order valence-corrected chi connectivity index (χ1v) is 21.9. The van der Waals surface area contributed by atoms with Gasteiger partial charge < -0.3 is 14.0 Å². The van der Waals surface area contributed by atoms with Crippen molar-refractivity contribution in [1.29, 1.82) is 0 Å². The van der Waals surface area contributed by atoms with Crippen molar-refractivity contribution in [3.05, 3.63) is 151 Å². The third kappa shape index (κ3) is 7.83. The van der Waals surface area contributed by atoms with E-state index >= 15 is 0 Å². The maximum absolute atomic E-state index is 8.75. The van der Waals surface area contributed by atoms with Crippen molar-refractivity contribution in [3.63, 3.8) is 0 Å². The average molecular weight is 915 g/mol. The van der Waals surface area contributed by atoms with Crippen molar-refractivity contribution in [2.75, 3.05) is 0 Å². The Balaban J connectivity index is 0.000000184. The summed E-state index contributed by atoms with van der Waals surface area (Å²) < 4.78 is 26.0. The summed E-state index contributed by atoms with van der Waals surface area (Å²) in [4.78, 5) is 14.2. The number of hydrogen-bond donors (Lipinski definition) is 0. The molecule has 4 aromatic heterocycles. The second kappa shape index (κ2) is 15.1. The van der Waals surface area contributed by atoms with E-state index in [1.165, 1.54) is 10.8 Å². The Morgan fingerprint density at radius 2 is 1.55 bits per heavy atom. The van der Waals surface area contributed by atoms with Crippen molar-refractivity contribution in [2.24, 2.45) is 5.41 Å². The predicted octanol–water partition coefficient (Wildman–Crippen LogP) is 11.9. The van der Waals surface area contributed by atoms with Gasteiger partial charge in [0, 0.05) is 45.8 Å². The van der Waals surface area contributed by atoms with Gasteiger partial charge in [-0.15, -0.1) is 54.1 Å². The second-order valence-corrected chi connectivity index (χ2v) is 20.8. The number of rotatable bonds is 5. The van der Waals surface area contributed by atoms with Crippen LogP contribution in [0.15, 0.2) is 132 Å². The predicted molar refractivity (Wildman–Crippen MR) is 227 cm³/mol. The van der Waals surface area contributed by atoms with Gasteiger partial charge >= 0.3 is 0 Å². The number of nitrogens with zero attached hydrogens (tertiary/aromatic N) is 4. The van der Waals surface area contributed by atoms with E-state index in [2.05, 4.69) is 101 Å². The minimum absolute atomic E-state index is 0. The molecule has 0 saturated heterocycles. The molecular weight excluding hydrogens is 869 g/mol. The fraction of sp³-hybridized carbons (Fsp3) is 0.188. The third-order valence-corrected chi connectivity index (χ3v) is 11.4. The van der Waals surface area contributed by atoms with Crippen LogP contribution in [0.5, 0.6) is 0 Å². The van der Waals surface area contributed by atoms with Gasteiger partial charge in [-0.1, -0.05) is 105 Å². The van der Waals surface area contributed by atoms with Crippen molar-refractivity contribution in [2.45, 2.75) is 53.7 Å². The van der Waals surface area contributed by atoms with Crippen LogP contribution in [-0.2, 0) is 26.5 Å². The Labute approximate surface area is 340 Å². The molecule has 0 fully saturated rings. The van der Waals surface area contributed by atoms with Crippen molar-refractivity contribution >= 4 is 57.1 Å². The fourth-order valence-electron chi connectivity index (χ4n) is 6.91. The molecule has 0 unspecified atom stereocenters. The fourth-order valence-corrected chi connectivity index (χ4v) is 8.31. The van der Waals surface area contributed by atoms with E-state index in [-0.39, 0.29) is 20.1 Å². The second-order valence-electron chi connectivity index (χ2n) is 15.8. The molecule has 0 saturated carbocycles. The van der Waals surface area contributed by atoms with Crippen LogP contribution in [0, 0.1) is 24.5 Å². The summed E-state index contributed by atoms with van der Waals surface area (Å²) in [5.41, 5.74) is 8.15. The van der Waals surface area contributed by atoms with Gasteiger partial charge in [0.1, 0.15) is 0 Å². The van der Waals surface area contributed by atoms with E-state index in [0.717, 1.165) is 72.2 Å². The number of aromatic nitrogens is 4. The molecule has 9 aromatic rings. The first kappa shape index (κ1) is 35.5. The van der Waals surface area contributed by atoms with E-state index in [9.17, 15) is 0 Å². The number of benzene rings is 5. The van der Waals surface area contributed by atoms with Crippen LogP contribution in [0.4, 0.5) is 0 Å². The molecule has 0 aliphatic heterocycles. The molecule has 55 heavy (non-hydrogen) atoms.